The molecule has 1 aromatic heterocycles. The van der Waals surface area contributed by atoms with E-state index in [1.54, 1.807) is 0 Å². The van der Waals surface area contributed by atoms with Crippen molar-refractivity contribution in [3.05, 3.63) is 46.5 Å². The zero-order chi connectivity index (χ0) is 11.5. The molecule has 3 nitrogen and oxygen atoms in total. The van der Waals surface area contributed by atoms with E-state index in [1.165, 1.54) is 11.1 Å². The lowest BCUT2D eigenvalue weighted by molar-refractivity contribution is 0.754. The number of nitrogens with zero attached hydrogens (tertiary/aromatic N) is 3. The summed E-state index contributed by atoms with van der Waals surface area (Å²) in [5, 5.41) is 8.24. The highest BCUT2D eigenvalue weighted by Crippen LogP contribution is 2.15. The maximum atomic E-state index is 5.98. The molecule has 0 saturated carbocycles. The molecular weight excluding hydrogens is 222 g/mol. The molecule has 2 rings (SSSR count). The van der Waals surface area contributed by atoms with Gasteiger partial charge in [-0.1, -0.05) is 31.2 Å². The first-order valence-corrected chi connectivity index (χ1v) is 5.72. The first-order valence-electron chi connectivity index (χ1n) is 5.34. The van der Waals surface area contributed by atoms with Crippen LogP contribution in [0.15, 0.2) is 24.3 Å². The van der Waals surface area contributed by atoms with E-state index in [0.717, 1.165) is 18.8 Å². The van der Waals surface area contributed by atoms with Crippen LogP contribution < -0.4 is 0 Å². The van der Waals surface area contributed by atoms with Crippen LogP contribution in [0.5, 0.6) is 0 Å². The lowest BCUT2D eigenvalue weighted by Crippen LogP contribution is -2.04. The summed E-state index contributed by atoms with van der Waals surface area (Å²) in [5.74, 6) is 0.843. The number of aryl methyl sites for hydroxylation is 2. The molecule has 0 atom stereocenters. The molecule has 84 valence electrons. The van der Waals surface area contributed by atoms with Crippen LogP contribution >= 0.6 is 11.6 Å². The van der Waals surface area contributed by atoms with Crippen molar-refractivity contribution in [3.8, 4) is 0 Å². The molecule has 1 heterocycles. The van der Waals surface area contributed by atoms with Crippen LogP contribution in [0.4, 0.5) is 0 Å². The third-order valence-corrected chi connectivity index (χ3v) is 3.00. The van der Waals surface area contributed by atoms with Gasteiger partial charge in [-0.3, -0.25) is 4.57 Å². The Bertz CT molecular complexity index is 471. The highest BCUT2D eigenvalue weighted by atomic mass is 35.5. The summed E-state index contributed by atoms with van der Waals surface area (Å²) in [6, 6.07) is 8.36. The maximum absolute atomic E-state index is 5.98. The summed E-state index contributed by atoms with van der Waals surface area (Å²) in [6.07, 6.45) is 1.02. The molecule has 0 unspecified atom stereocenters. The van der Waals surface area contributed by atoms with E-state index in [0.29, 0.717) is 5.28 Å². The fourth-order valence-corrected chi connectivity index (χ4v) is 1.98. The second-order valence-corrected chi connectivity index (χ2v) is 4.06. The van der Waals surface area contributed by atoms with Gasteiger partial charge >= 0.3 is 0 Å². The zero-order valence-electron chi connectivity index (χ0n) is 9.44. The Hall–Kier alpha value is -1.35. The first-order chi connectivity index (χ1) is 7.72. The van der Waals surface area contributed by atoms with Crippen molar-refractivity contribution < 1.29 is 0 Å². The van der Waals surface area contributed by atoms with Gasteiger partial charge in [-0.05, 0) is 36.1 Å². The van der Waals surface area contributed by atoms with Crippen molar-refractivity contribution in [3.63, 3.8) is 0 Å². The van der Waals surface area contributed by atoms with Crippen LogP contribution in [0.2, 0.25) is 5.28 Å². The highest BCUT2D eigenvalue weighted by Gasteiger charge is 2.08. The van der Waals surface area contributed by atoms with Gasteiger partial charge in [0.25, 0.3) is 0 Å². The van der Waals surface area contributed by atoms with Gasteiger partial charge in [-0.15, -0.1) is 10.2 Å². The largest absolute Gasteiger partial charge is 0.298 e. The number of hydrogen-bond donors (Lipinski definition) is 0. The van der Waals surface area contributed by atoms with Crippen LogP contribution in [-0.2, 0) is 13.0 Å². The lowest BCUT2D eigenvalue weighted by Gasteiger charge is -2.09. The van der Waals surface area contributed by atoms with E-state index in [1.807, 2.05) is 17.6 Å². The predicted octanol–water partition coefficient (Wildman–Crippen LogP) is 2.85. The van der Waals surface area contributed by atoms with E-state index >= 15 is 0 Å². The standard InChI is InChI=1S/C12H14ClN3/c1-3-10-6-4-5-7-11(10)8-16-9(2)14-15-12(16)13/h4-7H,3,8H2,1-2H3. The van der Waals surface area contributed by atoms with Crippen LogP contribution in [-0.4, -0.2) is 14.8 Å². The number of aromatic nitrogens is 3. The summed E-state index contributed by atoms with van der Waals surface area (Å²) >= 11 is 5.98. The smallest absolute Gasteiger partial charge is 0.225 e. The van der Waals surface area contributed by atoms with Crippen LogP contribution in [0.1, 0.15) is 23.9 Å². The number of benzene rings is 1. The molecule has 0 aliphatic rings. The van der Waals surface area contributed by atoms with Crippen molar-refractivity contribution >= 4 is 11.6 Å². The minimum atomic E-state index is 0.448. The molecule has 1 aromatic carbocycles. The SMILES string of the molecule is CCc1ccccc1Cn1c(C)nnc1Cl. The Morgan fingerprint density at radius 1 is 1.19 bits per heavy atom. The highest BCUT2D eigenvalue weighted by molar-refractivity contribution is 6.28. The maximum Gasteiger partial charge on any atom is 0.225 e. The van der Waals surface area contributed by atoms with Gasteiger partial charge in [0.05, 0.1) is 6.54 Å². The normalized spacial score (nSPS) is 10.7. The Kier molecular flexibility index (Phi) is 3.25. The van der Waals surface area contributed by atoms with Crippen molar-refractivity contribution in [2.24, 2.45) is 0 Å². The van der Waals surface area contributed by atoms with Gasteiger partial charge in [-0.2, -0.15) is 0 Å². The van der Waals surface area contributed by atoms with Gasteiger partial charge in [0.1, 0.15) is 5.82 Å². The Labute approximate surface area is 100 Å². The van der Waals surface area contributed by atoms with Gasteiger partial charge < -0.3 is 0 Å². The van der Waals surface area contributed by atoms with Crippen LogP contribution in [0.25, 0.3) is 0 Å². The quantitative estimate of drug-likeness (QED) is 0.819. The molecule has 0 spiro atoms. The van der Waals surface area contributed by atoms with E-state index in [4.69, 9.17) is 11.6 Å². The Morgan fingerprint density at radius 2 is 1.88 bits per heavy atom. The summed E-state index contributed by atoms with van der Waals surface area (Å²) in [7, 11) is 0. The minimum absolute atomic E-state index is 0.448. The summed E-state index contributed by atoms with van der Waals surface area (Å²) < 4.78 is 1.91. The summed E-state index contributed by atoms with van der Waals surface area (Å²) in [5.41, 5.74) is 2.61. The topological polar surface area (TPSA) is 30.7 Å². The number of halogens is 1. The van der Waals surface area contributed by atoms with Gasteiger partial charge in [0.2, 0.25) is 5.28 Å². The minimum Gasteiger partial charge on any atom is -0.298 e. The fraction of sp³-hybridized carbons (Fsp3) is 0.333. The molecular formula is C12H14ClN3. The lowest BCUT2D eigenvalue weighted by atomic mass is 10.1. The molecule has 4 heteroatoms. The van der Waals surface area contributed by atoms with Crippen molar-refractivity contribution in [2.45, 2.75) is 26.8 Å². The summed E-state index contributed by atoms with van der Waals surface area (Å²) in [6.45, 7) is 4.80. The van der Waals surface area contributed by atoms with Crippen LogP contribution in [0, 0.1) is 6.92 Å². The third-order valence-electron chi connectivity index (χ3n) is 2.72. The molecule has 0 amide bonds. The van der Waals surface area contributed by atoms with Crippen molar-refractivity contribution in [1.82, 2.24) is 14.8 Å². The first kappa shape index (κ1) is 11.1. The Balaban J connectivity index is 2.34. The molecule has 2 aromatic rings. The molecule has 0 saturated heterocycles. The van der Waals surface area contributed by atoms with Gasteiger partial charge in [0, 0.05) is 0 Å². The van der Waals surface area contributed by atoms with Gasteiger partial charge in [0.15, 0.2) is 0 Å². The van der Waals surface area contributed by atoms with E-state index in [9.17, 15) is 0 Å². The third kappa shape index (κ3) is 2.09. The fourth-order valence-electron chi connectivity index (χ4n) is 1.76. The second-order valence-electron chi connectivity index (χ2n) is 3.72. The molecule has 0 bridgehead atoms. The molecule has 0 aliphatic carbocycles. The molecule has 0 radical (unpaired) electrons. The number of hydrogen-bond acceptors (Lipinski definition) is 2. The average Bonchev–Trinajstić information content (AvgIpc) is 2.61. The predicted molar refractivity (Wildman–Crippen MR) is 64.7 cm³/mol. The Morgan fingerprint density at radius 3 is 2.44 bits per heavy atom. The van der Waals surface area contributed by atoms with Crippen molar-refractivity contribution in [1.29, 1.82) is 0 Å². The average molecular weight is 236 g/mol. The second kappa shape index (κ2) is 4.66. The molecule has 0 N–H and O–H groups in total. The molecule has 16 heavy (non-hydrogen) atoms. The monoisotopic (exact) mass is 235 g/mol. The van der Waals surface area contributed by atoms with E-state index in [2.05, 4.69) is 35.3 Å². The van der Waals surface area contributed by atoms with Crippen molar-refractivity contribution in [2.75, 3.05) is 0 Å². The zero-order valence-corrected chi connectivity index (χ0v) is 10.2. The summed E-state index contributed by atoms with van der Waals surface area (Å²) in [4.78, 5) is 0. The van der Waals surface area contributed by atoms with E-state index < -0.39 is 0 Å². The van der Waals surface area contributed by atoms with Gasteiger partial charge in [-0.25, -0.2) is 0 Å². The molecule has 0 aliphatic heterocycles. The van der Waals surface area contributed by atoms with Crippen LogP contribution in [0.3, 0.4) is 0 Å². The number of rotatable bonds is 3. The van der Waals surface area contributed by atoms with E-state index in [-0.39, 0.29) is 0 Å². The molecule has 0 fully saturated rings.